The number of halogens is 1. The maximum Gasteiger partial charge on any atom is 0.255 e. The van der Waals surface area contributed by atoms with Crippen molar-refractivity contribution in [2.45, 2.75) is 44.7 Å². The van der Waals surface area contributed by atoms with Gasteiger partial charge in [0, 0.05) is 41.2 Å². The Kier molecular flexibility index (Phi) is 6.33. The van der Waals surface area contributed by atoms with Gasteiger partial charge >= 0.3 is 0 Å². The van der Waals surface area contributed by atoms with E-state index in [4.69, 9.17) is 16.3 Å². The molecule has 2 aliphatic rings. The van der Waals surface area contributed by atoms with E-state index >= 15 is 0 Å². The van der Waals surface area contributed by atoms with Gasteiger partial charge < -0.3 is 15.0 Å². The summed E-state index contributed by atoms with van der Waals surface area (Å²) in [6, 6.07) is 10.4. The van der Waals surface area contributed by atoms with E-state index in [-0.39, 0.29) is 24.0 Å². The highest BCUT2D eigenvalue weighted by Gasteiger charge is 2.38. The van der Waals surface area contributed by atoms with Crippen LogP contribution in [0, 0.1) is 0 Å². The molecule has 6 nitrogen and oxygen atoms in total. The molecule has 1 fully saturated rings. The SMILES string of the molecule is C=C1CCC(N2Cc3cc(CCC(=O)Cc4cc(Cl)ccc4OC)ccc3C2=O)C(=O)N1. The van der Waals surface area contributed by atoms with Crippen LogP contribution in [0.15, 0.2) is 48.7 Å². The number of benzene rings is 2. The number of ketones is 1. The molecular weight excluding hydrogens is 428 g/mol. The number of ether oxygens (including phenoxy) is 1. The molecule has 0 aromatic heterocycles. The van der Waals surface area contributed by atoms with Gasteiger partial charge in [-0.05, 0) is 54.7 Å². The van der Waals surface area contributed by atoms with Gasteiger partial charge in [-0.25, -0.2) is 0 Å². The second-order valence-electron chi connectivity index (χ2n) is 8.24. The van der Waals surface area contributed by atoms with Gasteiger partial charge in [0.25, 0.3) is 5.91 Å². The molecule has 1 unspecified atom stereocenters. The number of methoxy groups -OCH3 is 1. The molecule has 2 amide bonds. The highest BCUT2D eigenvalue weighted by atomic mass is 35.5. The Balaban J connectivity index is 1.39. The number of amides is 2. The van der Waals surface area contributed by atoms with Crippen molar-refractivity contribution in [1.82, 2.24) is 10.2 Å². The van der Waals surface area contributed by atoms with Crippen molar-refractivity contribution in [3.05, 3.63) is 76.0 Å². The summed E-state index contributed by atoms with van der Waals surface area (Å²) in [6.45, 7) is 4.20. The summed E-state index contributed by atoms with van der Waals surface area (Å²) in [5.41, 5.74) is 3.98. The number of allylic oxidation sites excluding steroid dienone is 1. The largest absolute Gasteiger partial charge is 0.496 e. The number of rotatable bonds is 7. The predicted octanol–water partition coefficient (Wildman–Crippen LogP) is 3.84. The average Bonchev–Trinajstić information content (AvgIpc) is 3.08. The molecule has 0 aliphatic carbocycles. The molecule has 166 valence electrons. The molecule has 32 heavy (non-hydrogen) atoms. The minimum atomic E-state index is -0.474. The van der Waals surface area contributed by atoms with Crippen molar-refractivity contribution in [3.63, 3.8) is 0 Å². The molecular formula is C25H25ClN2O4. The highest BCUT2D eigenvalue weighted by Crippen LogP contribution is 2.29. The molecule has 0 spiro atoms. The smallest absolute Gasteiger partial charge is 0.255 e. The third-order valence-corrected chi connectivity index (χ3v) is 6.26. The van der Waals surface area contributed by atoms with Crippen LogP contribution in [0.2, 0.25) is 5.02 Å². The molecule has 7 heteroatoms. The number of piperidine rings is 1. The number of hydrogen-bond acceptors (Lipinski definition) is 4. The van der Waals surface area contributed by atoms with Crippen LogP contribution in [0.5, 0.6) is 5.75 Å². The fraction of sp³-hybridized carbons (Fsp3) is 0.320. The van der Waals surface area contributed by atoms with Gasteiger partial charge in [-0.2, -0.15) is 0 Å². The summed E-state index contributed by atoms with van der Waals surface area (Å²) < 4.78 is 5.32. The van der Waals surface area contributed by atoms with Crippen molar-refractivity contribution in [2.24, 2.45) is 0 Å². The molecule has 2 aromatic rings. The number of hydrogen-bond donors (Lipinski definition) is 1. The first-order valence-electron chi connectivity index (χ1n) is 10.6. The Bertz CT molecular complexity index is 1110. The van der Waals surface area contributed by atoms with Crippen molar-refractivity contribution < 1.29 is 19.1 Å². The van der Waals surface area contributed by atoms with E-state index < -0.39 is 6.04 Å². The van der Waals surface area contributed by atoms with Gasteiger partial charge in [0.1, 0.15) is 17.6 Å². The van der Waals surface area contributed by atoms with Crippen LogP contribution < -0.4 is 10.1 Å². The predicted molar refractivity (Wildman–Crippen MR) is 122 cm³/mol. The van der Waals surface area contributed by atoms with E-state index in [0.29, 0.717) is 54.3 Å². The summed E-state index contributed by atoms with van der Waals surface area (Å²) in [5.74, 6) is 0.435. The normalized spacial score (nSPS) is 17.9. The number of carbonyl (C=O) groups excluding carboxylic acids is 3. The molecule has 1 N–H and O–H groups in total. The van der Waals surface area contributed by atoms with Crippen molar-refractivity contribution in [2.75, 3.05) is 7.11 Å². The number of Topliss-reactive ketones (excluding diaryl/α,β-unsaturated/α-hetero) is 1. The van der Waals surface area contributed by atoms with Gasteiger partial charge in [-0.1, -0.05) is 30.3 Å². The molecule has 0 saturated carbocycles. The maximum atomic E-state index is 12.8. The lowest BCUT2D eigenvalue weighted by molar-refractivity contribution is -0.126. The highest BCUT2D eigenvalue weighted by molar-refractivity contribution is 6.30. The Hall–Kier alpha value is -3.12. The Labute approximate surface area is 192 Å². The van der Waals surface area contributed by atoms with Crippen LogP contribution in [0.4, 0.5) is 0 Å². The zero-order valence-corrected chi connectivity index (χ0v) is 18.7. The maximum absolute atomic E-state index is 12.8. The zero-order valence-electron chi connectivity index (χ0n) is 17.9. The lowest BCUT2D eigenvalue weighted by Gasteiger charge is -2.30. The van der Waals surface area contributed by atoms with Gasteiger partial charge in [-0.15, -0.1) is 0 Å². The van der Waals surface area contributed by atoms with Crippen LogP contribution >= 0.6 is 11.6 Å². The molecule has 1 saturated heterocycles. The summed E-state index contributed by atoms with van der Waals surface area (Å²) in [6.07, 6.45) is 2.45. The average molecular weight is 453 g/mol. The second kappa shape index (κ2) is 9.17. The van der Waals surface area contributed by atoms with Gasteiger partial charge in [-0.3, -0.25) is 14.4 Å². The number of nitrogens with one attached hydrogen (secondary N) is 1. The van der Waals surface area contributed by atoms with E-state index in [1.807, 2.05) is 12.1 Å². The first kappa shape index (κ1) is 22.1. The fourth-order valence-electron chi connectivity index (χ4n) is 4.33. The van der Waals surface area contributed by atoms with E-state index in [2.05, 4.69) is 11.9 Å². The molecule has 0 radical (unpaired) electrons. The Morgan fingerprint density at radius 1 is 1.25 bits per heavy atom. The van der Waals surface area contributed by atoms with Gasteiger partial charge in [0.2, 0.25) is 5.91 Å². The van der Waals surface area contributed by atoms with Gasteiger partial charge in [0.15, 0.2) is 0 Å². The zero-order chi connectivity index (χ0) is 22.8. The molecule has 1 atom stereocenters. The standard InChI is InChI=1S/C25H25ClN2O4/c1-15-3-9-22(24(30)27-15)28-14-18-11-16(5-8-21(18)25(28)31)4-7-20(29)13-17-12-19(26)6-10-23(17)32-2/h5-6,8,10-12,22H,1,3-4,7,9,13-14H2,2H3,(H,27,30). The Morgan fingerprint density at radius 2 is 2.06 bits per heavy atom. The van der Waals surface area contributed by atoms with Crippen LogP contribution in [0.3, 0.4) is 0 Å². The third-order valence-electron chi connectivity index (χ3n) is 6.02. The summed E-state index contributed by atoms with van der Waals surface area (Å²) in [7, 11) is 1.57. The minimum absolute atomic E-state index is 0.0860. The van der Waals surface area contributed by atoms with Crippen molar-refractivity contribution in [1.29, 1.82) is 0 Å². The molecule has 2 aromatic carbocycles. The van der Waals surface area contributed by atoms with Gasteiger partial charge in [0.05, 0.1) is 7.11 Å². The van der Waals surface area contributed by atoms with E-state index in [0.717, 1.165) is 16.7 Å². The molecule has 0 bridgehead atoms. The summed E-state index contributed by atoms with van der Waals surface area (Å²) in [4.78, 5) is 39.4. The first-order valence-corrected chi connectivity index (χ1v) is 11.0. The third kappa shape index (κ3) is 4.55. The first-order chi connectivity index (χ1) is 15.4. The molecule has 4 rings (SSSR count). The lowest BCUT2D eigenvalue weighted by atomic mass is 9.99. The quantitative estimate of drug-likeness (QED) is 0.692. The molecule has 2 aliphatic heterocycles. The van der Waals surface area contributed by atoms with Crippen molar-refractivity contribution >= 4 is 29.2 Å². The van der Waals surface area contributed by atoms with E-state index in [9.17, 15) is 14.4 Å². The number of aryl methyl sites for hydroxylation is 1. The summed E-state index contributed by atoms with van der Waals surface area (Å²) >= 11 is 6.05. The molecule has 2 heterocycles. The number of fused-ring (bicyclic) bond motifs is 1. The second-order valence-corrected chi connectivity index (χ2v) is 8.68. The number of nitrogens with zero attached hydrogens (tertiary/aromatic N) is 1. The minimum Gasteiger partial charge on any atom is -0.496 e. The van der Waals surface area contributed by atoms with Crippen LogP contribution in [-0.2, 0) is 29.0 Å². The lowest BCUT2D eigenvalue weighted by Crippen LogP contribution is -2.49. The van der Waals surface area contributed by atoms with Crippen LogP contribution in [0.1, 0.15) is 46.3 Å². The number of carbonyl (C=O) groups is 3. The van der Waals surface area contributed by atoms with E-state index in [1.54, 1.807) is 36.3 Å². The van der Waals surface area contributed by atoms with Crippen LogP contribution in [0.25, 0.3) is 0 Å². The topological polar surface area (TPSA) is 75.7 Å². The fourth-order valence-corrected chi connectivity index (χ4v) is 4.53. The summed E-state index contributed by atoms with van der Waals surface area (Å²) in [5, 5.41) is 3.31. The van der Waals surface area contributed by atoms with Crippen molar-refractivity contribution in [3.8, 4) is 5.75 Å². The van der Waals surface area contributed by atoms with Crippen LogP contribution in [-0.4, -0.2) is 35.6 Å². The Morgan fingerprint density at radius 3 is 2.81 bits per heavy atom. The monoisotopic (exact) mass is 452 g/mol. The van der Waals surface area contributed by atoms with E-state index in [1.165, 1.54) is 0 Å².